The zero-order valence-corrected chi connectivity index (χ0v) is 13.3. The quantitative estimate of drug-likeness (QED) is 0.762. The van der Waals surface area contributed by atoms with E-state index in [1.54, 1.807) is 29.5 Å². The van der Waals surface area contributed by atoms with Gasteiger partial charge in [0.25, 0.3) is 0 Å². The predicted octanol–water partition coefficient (Wildman–Crippen LogP) is 4.06. The third kappa shape index (κ3) is 2.53. The lowest BCUT2D eigenvalue weighted by molar-refractivity contribution is 0.0697. The molecule has 1 aromatic carbocycles. The van der Waals surface area contributed by atoms with Gasteiger partial charge in [-0.2, -0.15) is 0 Å². The molecule has 3 rings (SSSR count). The number of aromatic carboxylic acids is 1. The van der Waals surface area contributed by atoms with Crippen LogP contribution in [0.4, 0.5) is 11.5 Å². The molecule has 0 aliphatic carbocycles. The Morgan fingerprint density at radius 2 is 2.00 bits per heavy atom. The van der Waals surface area contributed by atoms with Crippen LogP contribution in [0.15, 0.2) is 24.3 Å². The molecule has 2 heterocycles. The minimum Gasteiger partial charge on any atom is -0.478 e. The minimum absolute atomic E-state index is 0.241. The Morgan fingerprint density at radius 1 is 1.23 bits per heavy atom. The standard InChI is InChI=1S/C16H15N3O2S/c1-8-9(2)22-15-13(8)14(17-10(3)18-15)19-12-6-4-5-11(7-12)16(20)21/h4-7H,1-3H3,(H,20,21)(H,17,18,19). The first kappa shape index (κ1) is 14.5. The molecule has 3 aromatic rings. The van der Waals surface area contributed by atoms with Crippen molar-refractivity contribution in [2.75, 3.05) is 5.32 Å². The fourth-order valence-corrected chi connectivity index (χ4v) is 3.39. The summed E-state index contributed by atoms with van der Waals surface area (Å²) in [6.45, 7) is 5.96. The van der Waals surface area contributed by atoms with E-state index in [1.807, 2.05) is 19.9 Å². The van der Waals surface area contributed by atoms with Gasteiger partial charge in [0, 0.05) is 10.6 Å². The van der Waals surface area contributed by atoms with E-state index in [-0.39, 0.29) is 5.56 Å². The number of carboxylic acids is 1. The Labute approximate surface area is 131 Å². The first-order valence-corrected chi connectivity index (χ1v) is 7.62. The molecule has 0 unspecified atom stereocenters. The van der Waals surface area contributed by atoms with E-state index in [1.165, 1.54) is 4.88 Å². The van der Waals surface area contributed by atoms with Crippen LogP contribution in [0.5, 0.6) is 0 Å². The summed E-state index contributed by atoms with van der Waals surface area (Å²) in [6.07, 6.45) is 0. The molecule has 0 fully saturated rings. The van der Waals surface area contributed by atoms with Crippen LogP contribution in [0, 0.1) is 20.8 Å². The number of aryl methyl sites for hydroxylation is 3. The second-order valence-electron chi connectivity index (χ2n) is 5.09. The van der Waals surface area contributed by atoms with Crippen molar-refractivity contribution in [3.8, 4) is 0 Å². The van der Waals surface area contributed by atoms with Crippen LogP contribution in [0.2, 0.25) is 0 Å². The van der Waals surface area contributed by atoms with Crippen molar-refractivity contribution in [1.29, 1.82) is 0 Å². The third-order valence-electron chi connectivity index (χ3n) is 3.51. The Bertz CT molecular complexity index is 886. The molecule has 0 spiro atoms. The number of nitrogens with one attached hydrogen (secondary N) is 1. The van der Waals surface area contributed by atoms with Gasteiger partial charge in [0.15, 0.2) is 0 Å². The molecule has 0 saturated carbocycles. The number of thiophene rings is 1. The van der Waals surface area contributed by atoms with Gasteiger partial charge < -0.3 is 10.4 Å². The van der Waals surface area contributed by atoms with Crippen LogP contribution in [0.25, 0.3) is 10.2 Å². The Hall–Kier alpha value is -2.47. The summed E-state index contributed by atoms with van der Waals surface area (Å²) in [7, 11) is 0. The van der Waals surface area contributed by atoms with Crippen LogP contribution in [0.3, 0.4) is 0 Å². The highest BCUT2D eigenvalue weighted by Crippen LogP contribution is 2.34. The van der Waals surface area contributed by atoms with E-state index in [2.05, 4.69) is 22.2 Å². The Morgan fingerprint density at radius 3 is 2.73 bits per heavy atom. The summed E-state index contributed by atoms with van der Waals surface area (Å²) >= 11 is 1.64. The fraction of sp³-hybridized carbons (Fsp3) is 0.188. The van der Waals surface area contributed by atoms with Crippen molar-refractivity contribution in [3.05, 3.63) is 46.1 Å². The molecule has 2 N–H and O–H groups in total. The average Bonchev–Trinajstić information content (AvgIpc) is 2.74. The monoisotopic (exact) mass is 313 g/mol. The molecule has 0 atom stereocenters. The largest absolute Gasteiger partial charge is 0.478 e. The number of hydrogen-bond acceptors (Lipinski definition) is 5. The summed E-state index contributed by atoms with van der Waals surface area (Å²) < 4.78 is 0. The lowest BCUT2D eigenvalue weighted by atomic mass is 10.2. The van der Waals surface area contributed by atoms with Crippen molar-refractivity contribution in [1.82, 2.24) is 9.97 Å². The first-order valence-electron chi connectivity index (χ1n) is 6.80. The molecule has 0 amide bonds. The maximum Gasteiger partial charge on any atom is 0.335 e. The molecule has 0 saturated heterocycles. The first-order chi connectivity index (χ1) is 10.5. The number of carboxylic acid groups (broad SMARTS) is 1. The maximum atomic E-state index is 11.1. The molecule has 0 aliphatic heterocycles. The average molecular weight is 313 g/mol. The molecule has 0 aliphatic rings. The van der Waals surface area contributed by atoms with Gasteiger partial charge in [0.2, 0.25) is 0 Å². The highest BCUT2D eigenvalue weighted by Gasteiger charge is 2.14. The van der Waals surface area contributed by atoms with Gasteiger partial charge in [0.1, 0.15) is 16.5 Å². The lowest BCUT2D eigenvalue weighted by Crippen LogP contribution is -2.01. The van der Waals surface area contributed by atoms with Crippen molar-refractivity contribution in [2.45, 2.75) is 20.8 Å². The van der Waals surface area contributed by atoms with Gasteiger partial charge in [0.05, 0.1) is 10.9 Å². The topological polar surface area (TPSA) is 75.1 Å². The zero-order chi connectivity index (χ0) is 15.9. The van der Waals surface area contributed by atoms with Gasteiger partial charge in [-0.3, -0.25) is 0 Å². The summed E-state index contributed by atoms with van der Waals surface area (Å²) in [4.78, 5) is 22.2. The van der Waals surface area contributed by atoms with Crippen molar-refractivity contribution < 1.29 is 9.90 Å². The van der Waals surface area contributed by atoms with E-state index in [4.69, 9.17) is 5.11 Å². The fourth-order valence-electron chi connectivity index (χ4n) is 2.31. The number of hydrogen-bond donors (Lipinski definition) is 2. The van der Waals surface area contributed by atoms with Crippen LogP contribution in [-0.2, 0) is 0 Å². The minimum atomic E-state index is -0.949. The van der Waals surface area contributed by atoms with Crippen LogP contribution < -0.4 is 5.32 Å². The van der Waals surface area contributed by atoms with Gasteiger partial charge in [-0.1, -0.05) is 6.07 Å². The van der Waals surface area contributed by atoms with Gasteiger partial charge in [-0.05, 0) is 44.5 Å². The van der Waals surface area contributed by atoms with Crippen LogP contribution in [-0.4, -0.2) is 21.0 Å². The lowest BCUT2D eigenvalue weighted by Gasteiger charge is -2.09. The Balaban J connectivity index is 2.11. The van der Waals surface area contributed by atoms with E-state index in [9.17, 15) is 4.79 Å². The van der Waals surface area contributed by atoms with Gasteiger partial charge in [-0.25, -0.2) is 14.8 Å². The van der Waals surface area contributed by atoms with E-state index in [0.29, 0.717) is 17.3 Å². The third-order valence-corrected chi connectivity index (χ3v) is 4.61. The van der Waals surface area contributed by atoms with E-state index >= 15 is 0 Å². The predicted molar refractivity (Wildman–Crippen MR) is 88.3 cm³/mol. The maximum absolute atomic E-state index is 11.1. The molecular formula is C16H15N3O2S. The molecule has 22 heavy (non-hydrogen) atoms. The van der Waals surface area contributed by atoms with Crippen molar-refractivity contribution in [3.63, 3.8) is 0 Å². The number of benzene rings is 1. The highest BCUT2D eigenvalue weighted by atomic mass is 32.1. The van der Waals surface area contributed by atoms with Crippen LogP contribution >= 0.6 is 11.3 Å². The second kappa shape index (κ2) is 5.38. The summed E-state index contributed by atoms with van der Waals surface area (Å²) in [5.74, 6) is 0.452. The molecular weight excluding hydrogens is 298 g/mol. The van der Waals surface area contributed by atoms with E-state index < -0.39 is 5.97 Å². The molecule has 0 bridgehead atoms. The molecule has 6 heteroatoms. The van der Waals surface area contributed by atoms with Crippen molar-refractivity contribution in [2.24, 2.45) is 0 Å². The van der Waals surface area contributed by atoms with E-state index in [0.717, 1.165) is 15.8 Å². The Kier molecular flexibility index (Phi) is 3.54. The van der Waals surface area contributed by atoms with Crippen molar-refractivity contribution >= 4 is 39.0 Å². The summed E-state index contributed by atoms with van der Waals surface area (Å²) in [6, 6.07) is 6.70. The number of rotatable bonds is 3. The number of aromatic nitrogens is 2. The molecule has 5 nitrogen and oxygen atoms in total. The SMILES string of the molecule is Cc1nc(Nc2cccc(C(=O)O)c2)c2c(C)c(C)sc2n1. The van der Waals surface area contributed by atoms with Gasteiger partial charge >= 0.3 is 5.97 Å². The smallest absolute Gasteiger partial charge is 0.335 e. The number of carbonyl (C=O) groups is 1. The summed E-state index contributed by atoms with van der Waals surface area (Å²) in [5, 5.41) is 13.3. The highest BCUT2D eigenvalue weighted by molar-refractivity contribution is 7.18. The number of fused-ring (bicyclic) bond motifs is 1. The second-order valence-corrected chi connectivity index (χ2v) is 6.30. The molecule has 0 radical (unpaired) electrons. The summed E-state index contributed by atoms with van der Waals surface area (Å²) in [5.41, 5.74) is 2.09. The van der Waals surface area contributed by atoms with Crippen LogP contribution in [0.1, 0.15) is 26.6 Å². The molecule has 112 valence electrons. The molecule has 2 aromatic heterocycles. The number of nitrogens with zero attached hydrogens (tertiary/aromatic N) is 2. The zero-order valence-electron chi connectivity index (χ0n) is 12.5. The number of anilines is 2. The van der Waals surface area contributed by atoms with Gasteiger partial charge in [-0.15, -0.1) is 11.3 Å². The normalized spacial score (nSPS) is 10.9.